The minimum atomic E-state index is -0.125. The van der Waals surface area contributed by atoms with E-state index in [-0.39, 0.29) is 5.56 Å². The highest BCUT2D eigenvalue weighted by Crippen LogP contribution is 2.26. The van der Waals surface area contributed by atoms with Crippen LogP contribution in [0.1, 0.15) is 5.56 Å². The van der Waals surface area contributed by atoms with Crippen molar-refractivity contribution in [1.82, 2.24) is 19.7 Å². The number of hydrogen-bond acceptors (Lipinski definition) is 4. The average molecular weight is 332 g/mol. The van der Waals surface area contributed by atoms with Gasteiger partial charge in [0.15, 0.2) is 0 Å². The van der Waals surface area contributed by atoms with Gasteiger partial charge in [-0.05, 0) is 31.2 Å². The zero-order chi connectivity index (χ0) is 16.3. The highest BCUT2D eigenvalue weighted by Gasteiger charge is 2.14. The van der Waals surface area contributed by atoms with Gasteiger partial charge in [0.25, 0.3) is 5.56 Å². The first-order valence-corrected chi connectivity index (χ1v) is 8.38. The first kappa shape index (κ1) is 13.4. The van der Waals surface area contributed by atoms with Crippen LogP contribution in [-0.4, -0.2) is 19.7 Å². The number of fused-ring (bicyclic) bond motifs is 4. The van der Waals surface area contributed by atoms with E-state index in [4.69, 9.17) is 0 Å². The Labute approximate surface area is 140 Å². The van der Waals surface area contributed by atoms with Crippen LogP contribution in [0.2, 0.25) is 0 Å². The second-order valence-electron chi connectivity index (χ2n) is 5.78. The molecule has 0 atom stereocenters. The third-order valence-electron chi connectivity index (χ3n) is 4.15. The number of pyridine rings is 1. The molecular formula is C18H12N4OS. The molecule has 5 nitrogen and oxygen atoms in total. The number of aryl methyl sites for hydroxylation is 1. The Balaban J connectivity index is 1.86. The van der Waals surface area contributed by atoms with Crippen molar-refractivity contribution < 1.29 is 0 Å². The first-order valence-electron chi connectivity index (χ1n) is 7.57. The lowest BCUT2D eigenvalue weighted by atomic mass is 10.1. The molecule has 0 unspecified atom stereocenters. The second-order valence-corrected chi connectivity index (χ2v) is 6.79. The molecular weight excluding hydrogens is 320 g/mol. The number of H-pyrrole nitrogens is 1. The van der Waals surface area contributed by atoms with Crippen LogP contribution in [0, 0.1) is 6.92 Å². The van der Waals surface area contributed by atoms with E-state index in [2.05, 4.69) is 15.1 Å². The average Bonchev–Trinajstić information content (AvgIpc) is 3.16. The number of aromatic amines is 1. The lowest BCUT2D eigenvalue weighted by Gasteiger charge is -1.99. The Hall–Kier alpha value is -2.99. The minimum absolute atomic E-state index is 0.125. The summed E-state index contributed by atoms with van der Waals surface area (Å²) in [6.07, 6.45) is 1.63. The maximum absolute atomic E-state index is 12.8. The van der Waals surface area contributed by atoms with Crippen LogP contribution in [0.25, 0.3) is 37.2 Å². The molecule has 0 radical (unpaired) electrons. The van der Waals surface area contributed by atoms with Crippen molar-refractivity contribution in [2.24, 2.45) is 0 Å². The van der Waals surface area contributed by atoms with E-state index in [1.165, 1.54) is 16.0 Å². The summed E-state index contributed by atoms with van der Waals surface area (Å²) in [4.78, 5) is 21.8. The molecule has 6 heteroatoms. The number of nitrogens with zero attached hydrogens (tertiary/aromatic N) is 3. The fourth-order valence-corrected chi connectivity index (χ4v) is 3.89. The van der Waals surface area contributed by atoms with E-state index in [1.807, 2.05) is 49.4 Å². The number of thiazole rings is 1. The summed E-state index contributed by atoms with van der Waals surface area (Å²) in [5, 5.41) is 5.39. The Morgan fingerprint density at radius 2 is 1.96 bits per heavy atom. The predicted molar refractivity (Wildman–Crippen MR) is 97.1 cm³/mol. The van der Waals surface area contributed by atoms with Crippen LogP contribution >= 0.6 is 11.3 Å². The molecule has 0 saturated carbocycles. The molecule has 0 aliphatic carbocycles. The third kappa shape index (κ3) is 1.83. The molecule has 0 aliphatic rings. The number of benzene rings is 2. The summed E-state index contributed by atoms with van der Waals surface area (Å²) in [5.41, 5.74) is 3.56. The second kappa shape index (κ2) is 4.75. The zero-order valence-corrected chi connectivity index (χ0v) is 13.6. The summed E-state index contributed by atoms with van der Waals surface area (Å²) < 4.78 is 2.57. The van der Waals surface area contributed by atoms with Gasteiger partial charge in [0.1, 0.15) is 0 Å². The number of rotatable bonds is 1. The standard InChI is InChI=1S/C18H12N4OS/c1-10-6-7-13-11(8-10)16-12(9-19-13)17(23)22(21-16)18-20-14-4-2-3-5-15(14)24-18/h2-9,21H,1H3. The van der Waals surface area contributed by atoms with Crippen LogP contribution in [0.3, 0.4) is 0 Å². The molecule has 3 aromatic heterocycles. The lowest BCUT2D eigenvalue weighted by Crippen LogP contribution is -2.13. The van der Waals surface area contributed by atoms with Gasteiger partial charge in [-0.15, -0.1) is 0 Å². The summed E-state index contributed by atoms with van der Waals surface area (Å²) in [6.45, 7) is 2.03. The Kier molecular flexibility index (Phi) is 2.66. The molecule has 0 spiro atoms. The van der Waals surface area contributed by atoms with Gasteiger partial charge in [0.05, 0.1) is 26.6 Å². The molecule has 5 aromatic rings. The SMILES string of the molecule is Cc1ccc2ncc3c(=O)n(-c4nc5ccccc5s4)[nH]c3c2c1. The number of aromatic nitrogens is 4. The quantitative estimate of drug-likeness (QED) is 0.508. The van der Waals surface area contributed by atoms with Crippen molar-refractivity contribution in [3.63, 3.8) is 0 Å². The normalized spacial score (nSPS) is 11.7. The fraction of sp³-hybridized carbons (Fsp3) is 0.0556. The Morgan fingerprint density at radius 3 is 2.83 bits per heavy atom. The maximum atomic E-state index is 12.8. The van der Waals surface area contributed by atoms with E-state index >= 15 is 0 Å². The highest BCUT2D eigenvalue weighted by atomic mass is 32.1. The summed E-state index contributed by atoms with van der Waals surface area (Å²) in [6, 6.07) is 13.9. The van der Waals surface area contributed by atoms with Crippen molar-refractivity contribution in [1.29, 1.82) is 0 Å². The predicted octanol–water partition coefficient (Wildman–Crippen LogP) is 3.79. The highest BCUT2D eigenvalue weighted by molar-refractivity contribution is 7.20. The van der Waals surface area contributed by atoms with E-state index in [0.717, 1.165) is 32.2 Å². The Bertz CT molecular complexity index is 1260. The van der Waals surface area contributed by atoms with Crippen molar-refractivity contribution >= 4 is 43.4 Å². The van der Waals surface area contributed by atoms with Crippen molar-refractivity contribution in [2.75, 3.05) is 0 Å². The van der Waals surface area contributed by atoms with E-state index < -0.39 is 0 Å². The Morgan fingerprint density at radius 1 is 1.08 bits per heavy atom. The molecule has 0 bridgehead atoms. The van der Waals surface area contributed by atoms with Crippen LogP contribution < -0.4 is 5.56 Å². The van der Waals surface area contributed by atoms with Crippen molar-refractivity contribution in [3.8, 4) is 5.13 Å². The topological polar surface area (TPSA) is 63.6 Å². The van der Waals surface area contributed by atoms with Gasteiger partial charge >= 0.3 is 0 Å². The maximum Gasteiger partial charge on any atom is 0.282 e. The van der Waals surface area contributed by atoms with Crippen molar-refractivity contribution in [3.05, 3.63) is 64.6 Å². The van der Waals surface area contributed by atoms with Gasteiger partial charge in [0, 0.05) is 11.6 Å². The third-order valence-corrected chi connectivity index (χ3v) is 5.18. The van der Waals surface area contributed by atoms with Gasteiger partial charge in [-0.25, -0.2) is 4.98 Å². The van der Waals surface area contributed by atoms with Crippen LogP contribution in [-0.2, 0) is 0 Å². The van der Waals surface area contributed by atoms with Gasteiger partial charge < -0.3 is 0 Å². The fourth-order valence-electron chi connectivity index (χ4n) is 2.96. The molecule has 0 saturated heterocycles. The van der Waals surface area contributed by atoms with Crippen LogP contribution in [0.5, 0.6) is 0 Å². The molecule has 0 aliphatic heterocycles. The monoisotopic (exact) mass is 332 g/mol. The van der Waals surface area contributed by atoms with Crippen LogP contribution in [0.15, 0.2) is 53.5 Å². The summed E-state index contributed by atoms with van der Waals surface area (Å²) in [7, 11) is 0. The molecule has 3 heterocycles. The lowest BCUT2D eigenvalue weighted by molar-refractivity contribution is 0.857. The largest absolute Gasteiger partial charge is 0.287 e. The van der Waals surface area contributed by atoms with E-state index in [9.17, 15) is 4.79 Å². The molecule has 2 aromatic carbocycles. The smallest absolute Gasteiger partial charge is 0.282 e. The molecule has 0 fully saturated rings. The van der Waals surface area contributed by atoms with Gasteiger partial charge in [-0.3, -0.25) is 14.9 Å². The minimum Gasteiger partial charge on any atom is -0.287 e. The number of hydrogen-bond donors (Lipinski definition) is 1. The number of nitrogens with one attached hydrogen (secondary N) is 1. The molecule has 0 amide bonds. The van der Waals surface area contributed by atoms with E-state index in [0.29, 0.717) is 10.5 Å². The zero-order valence-electron chi connectivity index (χ0n) is 12.8. The van der Waals surface area contributed by atoms with Gasteiger partial charge in [-0.1, -0.05) is 35.1 Å². The first-order chi connectivity index (χ1) is 11.7. The molecule has 24 heavy (non-hydrogen) atoms. The van der Waals surface area contributed by atoms with E-state index in [1.54, 1.807) is 6.20 Å². The van der Waals surface area contributed by atoms with Gasteiger partial charge in [0.2, 0.25) is 5.13 Å². The molecule has 5 rings (SSSR count). The van der Waals surface area contributed by atoms with Crippen LogP contribution in [0.4, 0.5) is 0 Å². The summed E-state index contributed by atoms with van der Waals surface area (Å²) >= 11 is 1.49. The summed E-state index contributed by atoms with van der Waals surface area (Å²) in [5.74, 6) is 0. The van der Waals surface area contributed by atoms with Gasteiger partial charge in [-0.2, -0.15) is 4.68 Å². The molecule has 1 N–H and O–H groups in total. The number of para-hydroxylation sites is 1. The van der Waals surface area contributed by atoms with Crippen molar-refractivity contribution in [2.45, 2.75) is 6.92 Å². The molecule has 116 valence electrons.